The lowest BCUT2D eigenvalue weighted by Gasteiger charge is -2.15. The first kappa shape index (κ1) is 19.7. The van der Waals surface area contributed by atoms with E-state index >= 15 is 0 Å². The van der Waals surface area contributed by atoms with Gasteiger partial charge >= 0.3 is 5.69 Å². The summed E-state index contributed by atoms with van der Waals surface area (Å²) in [6, 6.07) is 0.0189. The number of hydrogen-bond donors (Lipinski definition) is 1. The van der Waals surface area contributed by atoms with E-state index in [4.69, 9.17) is 0 Å². The standard InChI is InChI=1S/C17H27N7O2S/c1-4-5-13-15(27-21-19-13)16(25)18-12-6-7-14-20-24(11-10-22(2)3)17(26)23(14)9-8-12/h12H,4-11H2,1-3H3,(H,18,25). The Hall–Kier alpha value is -2.07. The molecule has 148 valence electrons. The van der Waals surface area contributed by atoms with Crippen molar-refractivity contribution >= 4 is 17.4 Å². The van der Waals surface area contributed by atoms with Gasteiger partial charge in [0.15, 0.2) is 0 Å². The number of fused-ring (bicyclic) bond motifs is 1. The second kappa shape index (κ2) is 8.75. The van der Waals surface area contributed by atoms with Crippen LogP contribution in [0, 0.1) is 0 Å². The number of rotatable bonds is 7. The van der Waals surface area contributed by atoms with E-state index in [1.165, 1.54) is 0 Å². The second-order valence-corrected chi connectivity index (χ2v) is 7.93. The quantitative estimate of drug-likeness (QED) is 0.738. The molecular weight excluding hydrogens is 366 g/mol. The molecule has 9 nitrogen and oxygen atoms in total. The number of carbonyl (C=O) groups excluding carboxylic acids is 1. The van der Waals surface area contributed by atoms with Gasteiger partial charge in [-0.3, -0.25) is 9.36 Å². The van der Waals surface area contributed by atoms with Crippen molar-refractivity contribution in [3.8, 4) is 0 Å². The highest BCUT2D eigenvalue weighted by Gasteiger charge is 2.24. The molecule has 0 saturated heterocycles. The van der Waals surface area contributed by atoms with E-state index in [9.17, 15) is 9.59 Å². The summed E-state index contributed by atoms with van der Waals surface area (Å²) in [7, 11) is 3.95. The molecule has 0 aromatic carbocycles. The van der Waals surface area contributed by atoms with E-state index in [1.54, 1.807) is 9.25 Å². The van der Waals surface area contributed by atoms with Gasteiger partial charge in [0.1, 0.15) is 10.7 Å². The van der Waals surface area contributed by atoms with Crippen molar-refractivity contribution in [2.75, 3.05) is 20.6 Å². The minimum Gasteiger partial charge on any atom is -0.348 e. The Morgan fingerprint density at radius 2 is 2.19 bits per heavy atom. The van der Waals surface area contributed by atoms with Gasteiger partial charge < -0.3 is 10.2 Å². The maximum atomic E-state index is 12.6. The highest BCUT2D eigenvalue weighted by atomic mass is 32.1. The third-order valence-corrected chi connectivity index (χ3v) is 5.53. The van der Waals surface area contributed by atoms with Crippen LogP contribution in [0.1, 0.15) is 47.4 Å². The number of amides is 1. The molecule has 1 atom stereocenters. The van der Waals surface area contributed by atoms with Crippen LogP contribution in [0.2, 0.25) is 0 Å². The normalized spacial score (nSPS) is 17.0. The molecule has 0 bridgehead atoms. The summed E-state index contributed by atoms with van der Waals surface area (Å²) in [5, 5.41) is 11.6. The molecule has 2 aromatic heterocycles. The van der Waals surface area contributed by atoms with Gasteiger partial charge in [-0.05, 0) is 44.9 Å². The molecule has 0 spiro atoms. The molecule has 0 saturated carbocycles. The summed E-state index contributed by atoms with van der Waals surface area (Å²) < 4.78 is 7.22. The Bertz CT molecular complexity index is 839. The molecule has 1 aliphatic heterocycles. The Kier molecular flexibility index (Phi) is 6.38. The predicted molar refractivity (Wildman–Crippen MR) is 103 cm³/mol. The van der Waals surface area contributed by atoms with Crippen LogP contribution in [0.15, 0.2) is 4.79 Å². The Labute approximate surface area is 162 Å². The number of nitrogens with one attached hydrogen (secondary N) is 1. The molecule has 10 heteroatoms. The SMILES string of the molecule is CCCc1nnsc1C(=O)NC1CCc2nn(CCN(C)C)c(=O)n2CC1. The number of carbonyl (C=O) groups is 1. The monoisotopic (exact) mass is 393 g/mol. The summed E-state index contributed by atoms with van der Waals surface area (Å²) in [6.07, 6.45) is 3.85. The lowest BCUT2D eigenvalue weighted by molar-refractivity contribution is 0.0936. The van der Waals surface area contributed by atoms with E-state index in [0.717, 1.165) is 48.9 Å². The van der Waals surface area contributed by atoms with Crippen LogP contribution in [0.5, 0.6) is 0 Å². The molecule has 1 aliphatic rings. The molecular formula is C17H27N7O2S. The zero-order valence-corrected chi connectivity index (χ0v) is 17.0. The van der Waals surface area contributed by atoms with Crippen LogP contribution in [-0.4, -0.2) is 61.4 Å². The zero-order valence-electron chi connectivity index (χ0n) is 16.1. The maximum Gasteiger partial charge on any atom is 0.345 e. The third kappa shape index (κ3) is 4.62. The van der Waals surface area contributed by atoms with Crippen LogP contribution in [-0.2, 0) is 25.9 Å². The molecule has 0 fully saturated rings. The van der Waals surface area contributed by atoms with Crippen LogP contribution < -0.4 is 11.0 Å². The summed E-state index contributed by atoms with van der Waals surface area (Å²) in [6.45, 7) is 3.99. The van der Waals surface area contributed by atoms with Crippen LogP contribution in [0.4, 0.5) is 0 Å². The fraction of sp³-hybridized carbons (Fsp3) is 0.706. The number of likely N-dealkylation sites (N-methyl/N-ethyl adjacent to an activating group) is 1. The van der Waals surface area contributed by atoms with Crippen LogP contribution in [0.25, 0.3) is 0 Å². The summed E-state index contributed by atoms with van der Waals surface area (Å²) in [5.41, 5.74) is 0.709. The second-order valence-electron chi connectivity index (χ2n) is 7.17. The number of hydrogen-bond acceptors (Lipinski definition) is 7. The molecule has 27 heavy (non-hydrogen) atoms. The molecule has 1 N–H and O–H groups in total. The van der Waals surface area contributed by atoms with Gasteiger partial charge in [0.25, 0.3) is 5.91 Å². The van der Waals surface area contributed by atoms with E-state index in [1.807, 2.05) is 19.0 Å². The molecule has 2 aromatic rings. The molecule has 0 aliphatic carbocycles. The topological polar surface area (TPSA) is 97.9 Å². The summed E-state index contributed by atoms with van der Waals surface area (Å²) >= 11 is 1.14. The smallest absolute Gasteiger partial charge is 0.345 e. The fourth-order valence-electron chi connectivity index (χ4n) is 3.25. The van der Waals surface area contributed by atoms with Gasteiger partial charge in [-0.15, -0.1) is 5.10 Å². The Balaban J connectivity index is 1.62. The minimum absolute atomic E-state index is 0.0189. The molecule has 1 amide bonds. The van der Waals surface area contributed by atoms with Crippen LogP contribution >= 0.6 is 11.5 Å². The van der Waals surface area contributed by atoms with Gasteiger partial charge in [-0.25, -0.2) is 9.48 Å². The van der Waals surface area contributed by atoms with E-state index < -0.39 is 0 Å². The van der Waals surface area contributed by atoms with Gasteiger partial charge in [0.2, 0.25) is 0 Å². The van der Waals surface area contributed by atoms with Crippen molar-refractivity contribution in [1.29, 1.82) is 0 Å². The van der Waals surface area contributed by atoms with Gasteiger partial charge in [0.05, 0.1) is 12.2 Å². The lowest BCUT2D eigenvalue weighted by atomic mass is 10.1. The average molecular weight is 394 g/mol. The van der Waals surface area contributed by atoms with Crippen molar-refractivity contribution in [3.63, 3.8) is 0 Å². The number of aryl methyl sites for hydroxylation is 2. The first-order valence-corrected chi connectivity index (χ1v) is 10.2. The van der Waals surface area contributed by atoms with Gasteiger partial charge in [0, 0.05) is 25.6 Å². The summed E-state index contributed by atoms with van der Waals surface area (Å²) in [4.78, 5) is 27.8. The lowest BCUT2D eigenvalue weighted by Crippen LogP contribution is -2.36. The first-order chi connectivity index (χ1) is 13.0. The van der Waals surface area contributed by atoms with E-state index in [-0.39, 0.29) is 17.6 Å². The molecule has 3 rings (SSSR count). The van der Waals surface area contributed by atoms with Crippen molar-refractivity contribution in [2.24, 2.45) is 0 Å². The van der Waals surface area contributed by atoms with E-state index in [0.29, 0.717) is 30.8 Å². The molecule has 0 radical (unpaired) electrons. The fourth-order valence-corrected chi connectivity index (χ4v) is 3.86. The maximum absolute atomic E-state index is 12.6. The molecule has 1 unspecified atom stereocenters. The third-order valence-electron chi connectivity index (χ3n) is 4.76. The van der Waals surface area contributed by atoms with Crippen molar-refractivity contribution in [2.45, 2.75) is 58.2 Å². The van der Waals surface area contributed by atoms with E-state index in [2.05, 4.69) is 26.9 Å². The number of nitrogens with zero attached hydrogens (tertiary/aromatic N) is 6. The minimum atomic E-state index is -0.110. The Morgan fingerprint density at radius 3 is 2.93 bits per heavy atom. The first-order valence-electron chi connectivity index (χ1n) is 9.43. The summed E-state index contributed by atoms with van der Waals surface area (Å²) in [5.74, 6) is 0.697. The van der Waals surface area contributed by atoms with Gasteiger partial charge in [-0.2, -0.15) is 5.10 Å². The van der Waals surface area contributed by atoms with Crippen LogP contribution in [0.3, 0.4) is 0 Å². The van der Waals surface area contributed by atoms with Crippen molar-refractivity contribution < 1.29 is 4.79 Å². The number of aromatic nitrogens is 5. The highest BCUT2D eigenvalue weighted by molar-refractivity contribution is 7.08. The highest BCUT2D eigenvalue weighted by Crippen LogP contribution is 2.16. The largest absolute Gasteiger partial charge is 0.348 e. The Morgan fingerprint density at radius 1 is 1.37 bits per heavy atom. The zero-order chi connectivity index (χ0) is 19.4. The van der Waals surface area contributed by atoms with Gasteiger partial charge in [-0.1, -0.05) is 17.8 Å². The predicted octanol–water partition coefficient (Wildman–Crippen LogP) is 0.545. The van der Waals surface area contributed by atoms with Crippen molar-refractivity contribution in [3.05, 3.63) is 26.9 Å². The average Bonchev–Trinajstić information content (AvgIpc) is 3.14. The molecule has 3 heterocycles. The van der Waals surface area contributed by atoms with Crippen molar-refractivity contribution in [1.82, 2.24) is 34.2 Å².